The number of amides is 2. The standard InChI is InChI=1S/C29H34N4O4/c1-3-28(4-2)16-23(34)33(27(30)32-28)21-11-14-37-22-10-9-17(15-19(21)22)26(36)31-24-18-7-5-6-8-20(18)29(12-13-29)25(24)35/h5-10,15,21,24-25,35H,3-4,11-14,16H2,1-2H3,(H2,30,32)(H,31,36)/t21-,24-,25+/m1/s1. The van der Waals surface area contributed by atoms with Gasteiger partial charge >= 0.3 is 0 Å². The van der Waals surface area contributed by atoms with Crippen LogP contribution >= 0.6 is 0 Å². The van der Waals surface area contributed by atoms with Gasteiger partial charge < -0.3 is 20.5 Å². The van der Waals surface area contributed by atoms with Crippen molar-refractivity contribution in [2.45, 2.75) is 81.5 Å². The Bertz CT molecular complexity index is 1260. The van der Waals surface area contributed by atoms with Crippen LogP contribution in [0.1, 0.15) is 91.5 Å². The number of hydrogen-bond donors (Lipinski definition) is 4. The SMILES string of the molecule is CCC1(CC)CC(=O)N([C@@H]2CCOc3ccc(C(=O)N[C@@H]4c5ccccc5C5(CC5)[C@H]4O)cc32)C(=N)N1. The van der Waals surface area contributed by atoms with E-state index in [0.29, 0.717) is 30.8 Å². The first-order valence-corrected chi connectivity index (χ1v) is 13.4. The topological polar surface area (TPSA) is 115 Å². The molecule has 2 amide bonds. The smallest absolute Gasteiger partial charge is 0.251 e. The predicted octanol–water partition coefficient (Wildman–Crippen LogP) is 3.70. The molecule has 4 aliphatic rings. The number of ether oxygens (including phenoxy) is 1. The van der Waals surface area contributed by atoms with Crippen LogP contribution in [0.25, 0.3) is 0 Å². The molecular weight excluding hydrogens is 468 g/mol. The van der Waals surface area contributed by atoms with Crippen LogP contribution in [-0.4, -0.2) is 46.0 Å². The Morgan fingerprint density at radius 3 is 2.65 bits per heavy atom. The molecule has 194 valence electrons. The van der Waals surface area contributed by atoms with Crippen LogP contribution in [0.5, 0.6) is 5.75 Å². The molecule has 3 atom stereocenters. The van der Waals surface area contributed by atoms with E-state index in [1.165, 1.54) is 4.90 Å². The molecule has 2 heterocycles. The van der Waals surface area contributed by atoms with E-state index < -0.39 is 17.7 Å². The molecule has 0 unspecified atom stereocenters. The second-order valence-electron chi connectivity index (χ2n) is 10.9. The van der Waals surface area contributed by atoms with Gasteiger partial charge in [0.15, 0.2) is 5.96 Å². The molecule has 37 heavy (non-hydrogen) atoms. The lowest BCUT2D eigenvalue weighted by atomic mass is 9.85. The van der Waals surface area contributed by atoms with E-state index in [-0.39, 0.29) is 29.2 Å². The molecule has 2 fully saturated rings. The predicted molar refractivity (Wildman–Crippen MR) is 139 cm³/mol. The van der Waals surface area contributed by atoms with Crippen molar-refractivity contribution in [3.63, 3.8) is 0 Å². The summed E-state index contributed by atoms with van der Waals surface area (Å²) in [6, 6.07) is 12.4. The van der Waals surface area contributed by atoms with E-state index in [0.717, 1.165) is 42.4 Å². The van der Waals surface area contributed by atoms with Gasteiger partial charge in [-0.05, 0) is 55.0 Å². The molecule has 1 saturated heterocycles. The third-order valence-corrected chi connectivity index (χ3v) is 9.12. The summed E-state index contributed by atoms with van der Waals surface area (Å²) in [5.74, 6) is 0.367. The lowest BCUT2D eigenvalue weighted by Crippen LogP contribution is -2.62. The number of fused-ring (bicyclic) bond motifs is 3. The van der Waals surface area contributed by atoms with Crippen LogP contribution in [0.4, 0.5) is 0 Å². The molecule has 1 spiro atoms. The maximum Gasteiger partial charge on any atom is 0.251 e. The highest BCUT2D eigenvalue weighted by atomic mass is 16.5. The third-order valence-electron chi connectivity index (χ3n) is 9.12. The zero-order valence-corrected chi connectivity index (χ0v) is 21.3. The Labute approximate surface area is 216 Å². The molecule has 8 heteroatoms. The summed E-state index contributed by atoms with van der Waals surface area (Å²) in [4.78, 5) is 28.3. The van der Waals surface area contributed by atoms with Gasteiger partial charge in [0.05, 0.1) is 31.2 Å². The largest absolute Gasteiger partial charge is 0.493 e. The molecule has 1 saturated carbocycles. The lowest BCUT2D eigenvalue weighted by Gasteiger charge is -2.45. The summed E-state index contributed by atoms with van der Waals surface area (Å²) in [5, 5.41) is 26.2. The Kier molecular flexibility index (Phi) is 5.56. The van der Waals surface area contributed by atoms with Crippen molar-refractivity contribution in [2.24, 2.45) is 0 Å². The maximum atomic E-state index is 13.4. The third kappa shape index (κ3) is 3.64. The summed E-state index contributed by atoms with van der Waals surface area (Å²) in [5.41, 5.74) is 2.65. The van der Waals surface area contributed by atoms with Gasteiger partial charge in [0.25, 0.3) is 5.91 Å². The Hall–Kier alpha value is -3.39. The first-order valence-electron chi connectivity index (χ1n) is 13.4. The molecule has 6 rings (SSSR count). The molecular formula is C29H34N4O4. The summed E-state index contributed by atoms with van der Waals surface area (Å²) < 4.78 is 5.86. The Morgan fingerprint density at radius 1 is 1.19 bits per heavy atom. The van der Waals surface area contributed by atoms with Crippen LogP contribution in [0.3, 0.4) is 0 Å². The fourth-order valence-electron chi connectivity index (χ4n) is 6.60. The first kappa shape index (κ1) is 24.0. The summed E-state index contributed by atoms with van der Waals surface area (Å²) >= 11 is 0. The monoisotopic (exact) mass is 502 g/mol. The minimum Gasteiger partial charge on any atom is -0.493 e. The van der Waals surface area contributed by atoms with Gasteiger partial charge in [-0.1, -0.05) is 38.1 Å². The van der Waals surface area contributed by atoms with E-state index in [9.17, 15) is 14.7 Å². The molecule has 2 aromatic rings. The van der Waals surface area contributed by atoms with Crippen LogP contribution in [-0.2, 0) is 10.2 Å². The number of rotatable bonds is 5. The summed E-state index contributed by atoms with van der Waals surface area (Å²) in [6.45, 7) is 4.50. The lowest BCUT2D eigenvalue weighted by molar-refractivity contribution is -0.133. The van der Waals surface area contributed by atoms with E-state index in [1.54, 1.807) is 18.2 Å². The molecule has 0 bridgehead atoms. The second-order valence-corrected chi connectivity index (χ2v) is 10.9. The van der Waals surface area contributed by atoms with Crippen molar-refractivity contribution in [3.8, 4) is 5.75 Å². The van der Waals surface area contributed by atoms with Crippen LogP contribution < -0.4 is 15.4 Å². The number of carbonyl (C=O) groups is 2. The maximum absolute atomic E-state index is 13.4. The number of guanidine groups is 1. The fourth-order valence-corrected chi connectivity index (χ4v) is 6.60. The Balaban J connectivity index is 1.27. The van der Waals surface area contributed by atoms with Crippen molar-refractivity contribution >= 4 is 17.8 Å². The molecule has 2 aromatic carbocycles. The number of hydrogen-bond acceptors (Lipinski definition) is 5. The summed E-state index contributed by atoms with van der Waals surface area (Å²) in [7, 11) is 0. The molecule has 0 aromatic heterocycles. The second kappa shape index (κ2) is 8.58. The number of carbonyl (C=O) groups excluding carboxylic acids is 2. The first-order chi connectivity index (χ1) is 17.8. The number of nitrogens with zero attached hydrogens (tertiary/aromatic N) is 1. The number of benzene rings is 2. The van der Waals surface area contributed by atoms with E-state index in [4.69, 9.17) is 10.1 Å². The van der Waals surface area contributed by atoms with Gasteiger partial charge in [-0.25, -0.2) is 0 Å². The van der Waals surface area contributed by atoms with Gasteiger partial charge in [0.2, 0.25) is 5.91 Å². The highest BCUT2D eigenvalue weighted by molar-refractivity contribution is 6.00. The minimum atomic E-state index is -0.655. The molecule has 4 N–H and O–H groups in total. The number of nitrogens with one attached hydrogen (secondary N) is 3. The summed E-state index contributed by atoms with van der Waals surface area (Å²) in [6.07, 6.45) is 3.59. The van der Waals surface area contributed by atoms with E-state index in [2.05, 4.69) is 16.7 Å². The van der Waals surface area contributed by atoms with E-state index in [1.807, 2.05) is 32.0 Å². The quantitative estimate of drug-likeness (QED) is 0.498. The molecule has 2 aliphatic carbocycles. The average Bonchev–Trinajstić information content (AvgIpc) is 3.69. The van der Waals surface area contributed by atoms with Gasteiger partial charge in [0.1, 0.15) is 5.75 Å². The van der Waals surface area contributed by atoms with E-state index >= 15 is 0 Å². The molecule has 0 radical (unpaired) electrons. The van der Waals surface area contributed by atoms with Crippen LogP contribution in [0.2, 0.25) is 0 Å². The zero-order valence-electron chi connectivity index (χ0n) is 21.3. The number of aliphatic hydroxyl groups excluding tert-OH is 1. The van der Waals surface area contributed by atoms with Crippen molar-refractivity contribution in [3.05, 3.63) is 64.7 Å². The van der Waals surface area contributed by atoms with Crippen molar-refractivity contribution < 1.29 is 19.4 Å². The normalized spacial score (nSPS) is 26.7. The van der Waals surface area contributed by atoms with Crippen molar-refractivity contribution in [1.29, 1.82) is 5.41 Å². The van der Waals surface area contributed by atoms with Crippen molar-refractivity contribution in [2.75, 3.05) is 6.61 Å². The van der Waals surface area contributed by atoms with Crippen molar-refractivity contribution in [1.82, 2.24) is 15.5 Å². The highest BCUT2D eigenvalue weighted by Gasteiger charge is 2.59. The fraction of sp³-hybridized carbons (Fsp3) is 0.483. The molecule has 8 nitrogen and oxygen atoms in total. The van der Waals surface area contributed by atoms with Crippen LogP contribution in [0, 0.1) is 5.41 Å². The van der Waals surface area contributed by atoms with Crippen LogP contribution in [0.15, 0.2) is 42.5 Å². The minimum absolute atomic E-state index is 0.0828. The van der Waals surface area contributed by atoms with Gasteiger partial charge in [-0.15, -0.1) is 0 Å². The van der Waals surface area contributed by atoms with Gasteiger partial charge in [-0.3, -0.25) is 19.9 Å². The van der Waals surface area contributed by atoms with Gasteiger partial charge in [0, 0.05) is 28.5 Å². The Morgan fingerprint density at radius 2 is 1.95 bits per heavy atom. The molecule has 2 aliphatic heterocycles. The zero-order chi connectivity index (χ0) is 25.9. The highest BCUT2D eigenvalue weighted by Crippen LogP contribution is 2.60. The average molecular weight is 503 g/mol. The number of aliphatic hydroxyl groups is 1. The van der Waals surface area contributed by atoms with Gasteiger partial charge in [-0.2, -0.15) is 0 Å².